The molecule has 2 atom stereocenters. The van der Waals surface area contributed by atoms with Crippen molar-refractivity contribution in [3.8, 4) is 5.69 Å². The molecule has 2 aliphatic rings. The molecule has 0 radical (unpaired) electrons. The van der Waals surface area contributed by atoms with Crippen molar-refractivity contribution in [1.82, 2.24) is 9.47 Å². The first-order valence-corrected chi connectivity index (χ1v) is 17.8. The van der Waals surface area contributed by atoms with Crippen molar-refractivity contribution in [3.05, 3.63) is 216 Å². The van der Waals surface area contributed by atoms with E-state index in [0.717, 1.165) is 12.1 Å². The maximum atomic E-state index is 3.92. The number of likely N-dealkylation sites (N-methyl/N-ethyl adjacent to an activating group) is 1. The molecular weight excluding hydrogens is 619 g/mol. The summed E-state index contributed by atoms with van der Waals surface area (Å²) in [6.45, 7) is 0. The van der Waals surface area contributed by atoms with E-state index < -0.39 is 0 Å². The van der Waals surface area contributed by atoms with Gasteiger partial charge in [-0.2, -0.15) is 0 Å². The van der Waals surface area contributed by atoms with E-state index >= 15 is 0 Å². The van der Waals surface area contributed by atoms with Crippen LogP contribution >= 0.6 is 0 Å². The second-order valence-electron chi connectivity index (χ2n) is 13.5. The lowest BCUT2D eigenvalue weighted by molar-refractivity contribution is 0.412. The molecule has 0 saturated carbocycles. The van der Waals surface area contributed by atoms with Crippen LogP contribution in [0.4, 0.5) is 5.69 Å². The van der Waals surface area contributed by atoms with Crippen LogP contribution < -0.4 is 5.32 Å². The van der Waals surface area contributed by atoms with Crippen LogP contribution in [-0.4, -0.2) is 16.5 Å². The Hall–Kier alpha value is -6.32. The van der Waals surface area contributed by atoms with Gasteiger partial charge in [0.15, 0.2) is 0 Å². The van der Waals surface area contributed by atoms with Gasteiger partial charge in [-0.05, 0) is 77.2 Å². The number of nitrogens with one attached hydrogen (secondary N) is 1. The van der Waals surface area contributed by atoms with Crippen molar-refractivity contribution in [2.45, 2.75) is 18.4 Å². The summed E-state index contributed by atoms with van der Waals surface area (Å²) < 4.78 is 2.38. The summed E-state index contributed by atoms with van der Waals surface area (Å²) in [7, 11) is 2.19. The molecule has 0 bridgehead atoms. The summed E-state index contributed by atoms with van der Waals surface area (Å²) in [5.41, 5.74) is 13.4. The zero-order valence-corrected chi connectivity index (χ0v) is 28.7. The molecule has 1 N–H and O–H groups in total. The molecule has 0 amide bonds. The normalized spacial score (nSPS) is 17.3. The average Bonchev–Trinajstić information content (AvgIpc) is 3.53. The van der Waals surface area contributed by atoms with Crippen LogP contribution in [0.25, 0.3) is 38.8 Å². The molecule has 7 aromatic rings. The van der Waals surface area contributed by atoms with Crippen LogP contribution in [-0.2, 0) is 0 Å². The Bertz CT molecular complexity index is 2480. The molecule has 246 valence electrons. The predicted molar refractivity (Wildman–Crippen MR) is 215 cm³/mol. The molecule has 1 aromatic heterocycles. The lowest BCUT2D eigenvalue weighted by atomic mass is 9.85. The van der Waals surface area contributed by atoms with Crippen LogP contribution in [0.5, 0.6) is 0 Å². The number of allylic oxidation sites excluding steroid dienone is 6. The zero-order valence-electron chi connectivity index (χ0n) is 28.7. The smallest absolute Gasteiger partial charge is 0.0726 e. The molecule has 51 heavy (non-hydrogen) atoms. The van der Waals surface area contributed by atoms with Gasteiger partial charge < -0.3 is 14.8 Å². The van der Waals surface area contributed by atoms with Gasteiger partial charge in [-0.1, -0.05) is 140 Å². The molecule has 2 unspecified atom stereocenters. The van der Waals surface area contributed by atoms with Crippen molar-refractivity contribution in [1.29, 1.82) is 0 Å². The molecule has 0 saturated heterocycles. The molecule has 2 heterocycles. The third-order valence-electron chi connectivity index (χ3n) is 10.4. The minimum absolute atomic E-state index is 0.193. The second-order valence-corrected chi connectivity index (χ2v) is 13.5. The highest BCUT2D eigenvalue weighted by molar-refractivity contribution is 6.09. The summed E-state index contributed by atoms with van der Waals surface area (Å²) in [6.07, 6.45) is 12.3. The van der Waals surface area contributed by atoms with Crippen LogP contribution in [0.15, 0.2) is 194 Å². The largest absolute Gasteiger partial charge is 0.364 e. The van der Waals surface area contributed by atoms with Crippen molar-refractivity contribution in [2.24, 2.45) is 0 Å². The Morgan fingerprint density at radius 1 is 0.588 bits per heavy atom. The van der Waals surface area contributed by atoms with Gasteiger partial charge in [0, 0.05) is 52.1 Å². The van der Waals surface area contributed by atoms with Crippen molar-refractivity contribution in [2.75, 3.05) is 12.4 Å². The summed E-state index contributed by atoms with van der Waals surface area (Å²) >= 11 is 0. The lowest BCUT2D eigenvalue weighted by Crippen LogP contribution is -2.23. The number of rotatable bonds is 7. The fourth-order valence-corrected chi connectivity index (χ4v) is 7.89. The summed E-state index contributed by atoms with van der Waals surface area (Å²) in [6, 6.07) is 57.0. The molecule has 0 spiro atoms. The number of benzene rings is 6. The van der Waals surface area contributed by atoms with E-state index in [4.69, 9.17) is 0 Å². The maximum Gasteiger partial charge on any atom is 0.0726 e. The Kier molecular flexibility index (Phi) is 7.94. The van der Waals surface area contributed by atoms with Crippen LogP contribution in [0.1, 0.15) is 40.6 Å². The van der Waals surface area contributed by atoms with E-state index in [0.29, 0.717) is 0 Å². The number of aromatic nitrogens is 1. The minimum Gasteiger partial charge on any atom is -0.364 e. The number of anilines is 1. The number of para-hydroxylation sites is 2. The average molecular weight is 658 g/mol. The number of hydrogen-bond donors (Lipinski definition) is 1. The zero-order chi connectivity index (χ0) is 34.1. The first-order valence-electron chi connectivity index (χ1n) is 17.8. The lowest BCUT2D eigenvalue weighted by Gasteiger charge is -2.33. The predicted octanol–water partition coefficient (Wildman–Crippen LogP) is 11.9. The SMILES string of the molecule is CN1C(c2cccc(NC3=C(c4ccccc4)C=CC(c4ccc5c(c4)c4ccccc4n5-c4ccccc4)C3)c2)=CC=CC1c1ccccc1. The molecule has 1 aliphatic carbocycles. The summed E-state index contributed by atoms with van der Waals surface area (Å²) in [4.78, 5) is 2.37. The summed E-state index contributed by atoms with van der Waals surface area (Å²) in [5, 5.41) is 6.48. The molecule has 3 heteroatoms. The van der Waals surface area contributed by atoms with Crippen LogP contribution in [0.2, 0.25) is 0 Å². The van der Waals surface area contributed by atoms with Crippen LogP contribution in [0.3, 0.4) is 0 Å². The highest BCUT2D eigenvalue weighted by Crippen LogP contribution is 2.40. The van der Waals surface area contributed by atoms with E-state index in [1.54, 1.807) is 0 Å². The molecule has 9 rings (SSSR count). The van der Waals surface area contributed by atoms with Gasteiger partial charge >= 0.3 is 0 Å². The van der Waals surface area contributed by atoms with Gasteiger partial charge in [-0.15, -0.1) is 0 Å². The fraction of sp³-hybridized carbons (Fsp3) is 0.0833. The monoisotopic (exact) mass is 657 g/mol. The number of nitrogens with zero attached hydrogens (tertiary/aromatic N) is 2. The number of fused-ring (bicyclic) bond motifs is 3. The van der Waals surface area contributed by atoms with Crippen molar-refractivity contribution >= 4 is 38.8 Å². The molecule has 3 nitrogen and oxygen atoms in total. The highest BCUT2D eigenvalue weighted by atomic mass is 15.1. The standard InChI is InChI=1S/C48H39N3/c1-50-45(35-17-7-3-8-18-35)25-14-26-46(50)38-19-13-20-39(31-38)49-44-33-37(27-29-41(44)34-15-5-2-6-16-34)36-28-30-48-43(32-36)42-23-11-12-24-47(42)51(48)40-21-9-4-10-22-40/h2-32,37,45,49H,33H2,1H3. The molecule has 6 aromatic carbocycles. The second kappa shape index (κ2) is 13.2. The first-order chi connectivity index (χ1) is 25.2. The number of hydrogen-bond acceptors (Lipinski definition) is 2. The molecule has 1 aliphatic heterocycles. The van der Waals surface area contributed by atoms with Gasteiger partial charge in [0.2, 0.25) is 0 Å². The Balaban J connectivity index is 1.06. The third-order valence-corrected chi connectivity index (χ3v) is 10.4. The van der Waals surface area contributed by atoms with Gasteiger partial charge in [0.05, 0.1) is 17.1 Å². The Morgan fingerprint density at radius 2 is 1.29 bits per heavy atom. The van der Waals surface area contributed by atoms with E-state index in [1.807, 2.05) is 0 Å². The van der Waals surface area contributed by atoms with Gasteiger partial charge in [0.1, 0.15) is 0 Å². The first kappa shape index (κ1) is 30.7. The summed E-state index contributed by atoms with van der Waals surface area (Å²) in [5.74, 6) is 0.232. The van der Waals surface area contributed by atoms with E-state index in [-0.39, 0.29) is 12.0 Å². The quantitative estimate of drug-likeness (QED) is 0.184. The highest BCUT2D eigenvalue weighted by Gasteiger charge is 2.23. The maximum absolute atomic E-state index is 3.92. The van der Waals surface area contributed by atoms with E-state index in [9.17, 15) is 0 Å². The van der Waals surface area contributed by atoms with Crippen molar-refractivity contribution in [3.63, 3.8) is 0 Å². The molecular formula is C48H39N3. The Morgan fingerprint density at radius 3 is 2.12 bits per heavy atom. The van der Waals surface area contributed by atoms with Gasteiger partial charge in [0.25, 0.3) is 0 Å². The fourth-order valence-electron chi connectivity index (χ4n) is 7.89. The molecule has 0 fully saturated rings. The van der Waals surface area contributed by atoms with Gasteiger partial charge in [-0.25, -0.2) is 0 Å². The van der Waals surface area contributed by atoms with E-state index in [2.05, 4.69) is 210 Å². The van der Waals surface area contributed by atoms with Crippen LogP contribution in [0, 0.1) is 0 Å². The van der Waals surface area contributed by atoms with Gasteiger partial charge in [-0.3, -0.25) is 0 Å². The third kappa shape index (κ3) is 5.77. The van der Waals surface area contributed by atoms with E-state index in [1.165, 1.54) is 66.7 Å². The minimum atomic E-state index is 0.193. The van der Waals surface area contributed by atoms with Crippen molar-refractivity contribution < 1.29 is 0 Å². The topological polar surface area (TPSA) is 20.2 Å². The Labute approximate surface area is 299 Å².